The Balaban J connectivity index is 0.00000280. The molecule has 0 bridgehead atoms. The maximum absolute atomic E-state index is 12.2. The Kier molecular flexibility index (Phi) is 9.06. The normalized spacial score (nSPS) is 17.7. The number of fused-ring (bicyclic) bond motifs is 1. The lowest BCUT2D eigenvalue weighted by atomic mass is 9.84. The Hall–Kier alpha value is -1.79. The van der Waals surface area contributed by atoms with Crippen LogP contribution in [-0.2, 0) is 16.0 Å². The number of aryl methyl sites for hydroxylation is 1. The summed E-state index contributed by atoms with van der Waals surface area (Å²) in [6.07, 6.45) is 8.50. The van der Waals surface area contributed by atoms with Crippen molar-refractivity contribution in [2.45, 2.75) is 63.8 Å². The molecule has 28 heavy (non-hydrogen) atoms. The van der Waals surface area contributed by atoms with Crippen LogP contribution in [0.2, 0.25) is 0 Å². The van der Waals surface area contributed by atoms with E-state index in [1.165, 1.54) is 32.1 Å². The summed E-state index contributed by atoms with van der Waals surface area (Å²) in [5.41, 5.74) is 7.85. The van der Waals surface area contributed by atoms with Crippen molar-refractivity contribution in [1.29, 1.82) is 0 Å². The maximum atomic E-state index is 12.2. The molecule has 1 saturated carbocycles. The van der Waals surface area contributed by atoms with Gasteiger partial charge in [-0.3, -0.25) is 9.59 Å². The fraction of sp³-hybridized carbons (Fsp3) is 0.619. The highest BCUT2D eigenvalue weighted by molar-refractivity contribution is 5.94. The molecule has 1 atom stereocenters. The highest BCUT2D eigenvalue weighted by Crippen LogP contribution is 2.27. The monoisotopic (exact) mass is 409 g/mol. The number of benzene rings is 1. The van der Waals surface area contributed by atoms with Crippen molar-refractivity contribution in [2.75, 3.05) is 18.5 Å². The van der Waals surface area contributed by atoms with Gasteiger partial charge in [-0.1, -0.05) is 19.3 Å². The van der Waals surface area contributed by atoms with Crippen LogP contribution in [0.25, 0.3) is 0 Å². The number of amides is 2. The van der Waals surface area contributed by atoms with Gasteiger partial charge in [-0.2, -0.15) is 0 Å². The number of hydrogen-bond donors (Lipinski definition) is 3. The zero-order valence-electron chi connectivity index (χ0n) is 16.4. The third kappa shape index (κ3) is 6.38. The van der Waals surface area contributed by atoms with E-state index in [-0.39, 0.29) is 30.3 Å². The summed E-state index contributed by atoms with van der Waals surface area (Å²) in [5, 5.41) is 5.98. The van der Waals surface area contributed by atoms with Crippen LogP contribution in [0.15, 0.2) is 18.2 Å². The Labute approximate surface area is 173 Å². The van der Waals surface area contributed by atoms with Gasteiger partial charge in [0.25, 0.3) is 0 Å². The lowest BCUT2D eigenvalue weighted by molar-refractivity contribution is -0.122. The van der Waals surface area contributed by atoms with Crippen LogP contribution in [0.1, 0.15) is 56.9 Å². The average Bonchev–Trinajstić information content (AvgIpc) is 2.70. The Morgan fingerprint density at radius 1 is 1.25 bits per heavy atom. The van der Waals surface area contributed by atoms with Crippen LogP contribution in [0, 0.1) is 5.92 Å². The molecule has 2 amide bonds. The predicted molar refractivity (Wildman–Crippen MR) is 113 cm³/mol. The molecule has 7 heteroatoms. The summed E-state index contributed by atoms with van der Waals surface area (Å²) in [6, 6.07) is 5.82. The van der Waals surface area contributed by atoms with Gasteiger partial charge in [-0.25, -0.2) is 0 Å². The number of hydrogen-bond acceptors (Lipinski definition) is 4. The van der Waals surface area contributed by atoms with Gasteiger partial charge < -0.3 is 21.1 Å². The van der Waals surface area contributed by atoms with E-state index >= 15 is 0 Å². The number of ether oxygens (including phenoxy) is 1. The van der Waals surface area contributed by atoms with Gasteiger partial charge in [0.1, 0.15) is 5.75 Å². The van der Waals surface area contributed by atoms with Crippen LogP contribution in [0.5, 0.6) is 5.75 Å². The second-order valence-electron chi connectivity index (χ2n) is 7.63. The number of nitrogens with two attached hydrogens (primary N) is 1. The zero-order valence-corrected chi connectivity index (χ0v) is 17.2. The molecule has 1 heterocycles. The molecule has 4 N–H and O–H groups in total. The number of anilines is 1. The molecular formula is C21H32ClN3O3. The molecule has 0 radical (unpaired) electrons. The van der Waals surface area contributed by atoms with Crippen LogP contribution in [-0.4, -0.2) is 31.0 Å². The third-order valence-electron chi connectivity index (χ3n) is 5.61. The molecule has 2 aliphatic rings. The van der Waals surface area contributed by atoms with Crippen LogP contribution < -0.4 is 21.1 Å². The first-order valence-corrected chi connectivity index (χ1v) is 10.2. The van der Waals surface area contributed by atoms with E-state index in [0.717, 1.165) is 23.4 Å². The van der Waals surface area contributed by atoms with Crippen LogP contribution in [0.3, 0.4) is 0 Å². The summed E-state index contributed by atoms with van der Waals surface area (Å²) < 4.78 is 5.78. The smallest absolute Gasteiger partial charge is 0.224 e. The number of nitrogens with one attached hydrogen (secondary N) is 2. The molecule has 0 spiro atoms. The number of halogens is 1. The minimum absolute atomic E-state index is 0. The topological polar surface area (TPSA) is 93.4 Å². The summed E-state index contributed by atoms with van der Waals surface area (Å²) in [6.45, 7) is 1.01. The molecular weight excluding hydrogens is 378 g/mol. The van der Waals surface area contributed by atoms with E-state index in [9.17, 15) is 9.59 Å². The largest absolute Gasteiger partial charge is 0.494 e. The molecule has 0 saturated heterocycles. The predicted octanol–water partition coefficient (Wildman–Crippen LogP) is 3.18. The Bertz CT molecular complexity index is 662. The lowest BCUT2D eigenvalue weighted by Crippen LogP contribution is -2.45. The number of rotatable bonds is 8. The van der Waals surface area contributed by atoms with Gasteiger partial charge >= 0.3 is 0 Å². The average molecular weight is 410 g/mol. The molecule has 1 aliphatic carbocycles. The van der Waals surface area contributed by atoms with Gasteiger partial charge in [-0.05, 0) is 55.4 Å². The summed E-state index contributed by atoms with van der Waals surface area (Å²) in [4.78, 5) is 23.6. The van der Waals surface area contributed by atoms with Gasteiger partial charge in [0.05, 0.1) is 6.61 Å². The van der Waals surface area contributed by atoms with E-state index < -0.39 is 0 Å². The number of carbonyl (C=O) groups excluding carboxylic acids is 2. The first-order valence-electron chi connectivity index (χ1n) is 10.2. The highest BCUT2D eigenvalue weighted by atomic mass is 35.5. The SMILES string of the molecule is Cl.NCC(NC(=O)CCCOc1ccc2c(c1)CCC(=O)N2)C1CCCCC1. The fourth-order valence-electron chi connectivity index (χ4n) is 4.06. The summed E-state index contributed by atoms with van der Waals surface area (Å²) in [7, 11) is 0. The Morgan fingerprint density at radius 2 is 2.04 bits per heavy atom. The van der Waals surface area contributed by atoms with Gasteiger partial charge in [-0.15, -0.1) is 12.4 Å². The molecule has 156 valence electrons. The third-order valence-corrected chi connectivity index (χ3v) is 5.61. The quantitative estimate of drug-likeness (QED) is 0.575. The molecule has 0 aromatic heterocycles. The Morgan fingerprint density at radius 3 is 2.79 bits per heavy atom. The minimum Gasteiger partial charge on any atom is -0.494 e. The first-order chi connectivity index (χ1) is 13.2. The molecule has 6 nitrogen and oxygen atoms in total. The minimum atomic E-state index is 0. The number of carbonyl (C=O) groups is 2. The van der Waals surface area contributed by atoms with Crippen molar-refractivity contribution >= 4 is 29.9 Å². The zero-order chi connectivity index (χ0) is 19.1. The van der Waals surface area contributed by atoms with Crippen molar-refractivity contribution in [2.24, 2.45) is 11.7 Å². The van der Waals surface area contributed by atoms with E-state index in [1.54, 1.807) is 0 Å². The molecule has 1 aliphatic heterocycles. The fourth-order valence-corrected chi connectivity index (χ4v) is 4.06. The molecule has 3 rings (SSSR count). The van der Waals surface area contributed by atoms with E-state index in [1.807, 2.05) is 18.2 Å². The van der Waals surface area contributed by atoms with Crippen molar-refractivity contribution in [3.05, 3.63) is 23.8 Å². The van der Waals surface area contributed by atoms with Gasteiger partial charge in [0.15, 0.2) is 0 Å². The van der Waals surface area contributed by atoms with Crippen molar-refractivity contribution < 1.29 is 14.3 Å². The van der Waals surface area contributed by atoms with E-state index in [2.05, 4.69) is 10.6 Å². The summed E-state index contributed by atoms with van der Waals surface area (Å²) in [5.74, 6) is 1.44. The molecule has 1 unspecified atom stereocenters. The van der Waals surface area contributed by atoms with E-state index in [4.69, 9.17) is 10.5 Å². The summed E-state index contributed by atoms with van der Waals surface area (Å²) >= 11 is 0. The van der Waals surface area contributed by atoms with Crippen LogP contribution in [0.4, 0.5) is 5.69 Å². The van der Waals surface area contributed by atoms with Gasteiger partial charge in [0, 0.05) is 31.1 Å². The molecule has 1 fully saturated rings. The second kappa shape index (κ2) is 11.3. The lowest BCUT2D eigenvalue weighted by Gasteiger charge is -2.30. The maximum Gasteiger partial charge on any atom is 0.224 e. The van der Waals surface area contributed by atoms with E-state index in [0.29, 0.717) is 38.3 Å². The first kappa shape index (κ1) is 22.5. The van der Waals surface area contributed by atoms with Crippen molar-refractivity contribution in [3.63, 3.8) is 0 Å². The molecule has 1 aromatic rings. The van der Waals surface area contributed by atoms with Gasteiger partial charge in [0.2, 0.25) is 11.8 Å². The second-order valence-corrected chi connectivity index (χ2v) is 7.63. The van der Waals surface area contributed by atoms with Crippen molar-refractivity contribution in [3.8, 4) is 5.75 Å². The van der Waals surface area contributed by atoms with Crippen molar-refractivity contribution in [1.82, 2.24) is 5.32 Å². The highest BCUT2D eigenvalue weighted by Gasteiger charge is 2.23. The molecule has 1 aromatic carbocycles. The standard InChI is InChI=1S/C21H31N3O3.ClH/c22-14-19(15-5-2-1-3-6-15)24-20(25)7-4-12-27-17-9-10-18-16(13-17)8-11-21(26)23-18;/h9-10,13,15,19H,1-8,11-12,14,22H2,(H,23,26)(H,24,25);1H. The van der Waals surface area contributed by atoms with Crippen LogP contribution >= 0.6 is 12.4 Å².